The highest BCUT2D eigenvalue weighted by Crippen LogP contribution is 2.45. The monoisotopic (exact) mass is 390 g/mol. The molecule has 1 aromatic heterocycles. The molecule has 0 bridgehead atoms. The molecule has 3 rings (SSSR count). The van der Waals surface area contributed by atoms with E-state index in [0.717, 1.165) is 0 Å². The molecular formula is C19H18O9. The number of benzene rings is 2. The van der Waals surface area contributed by atoms with Crippen molar-refractivity contribution in [1.29, 1.82) is 0 Å². The molecular weight excluding hydrogens is 372 g/mol. The van der Waals surface area contributed by atoms with Gasteiger partial charge in [0.2, 0.25) is 22.7 Å². The number of phenolic OH excluding ortho intramolecular Hbond substituents is 3. The van der Waals surface area contributed by atoms with Gasteiger partial charge >= 0.3 is 0 Å². The number of rotatable bonds is 5. The van der Waals surface area contributed by atoms with Crippen molar-refractivity contribution in [3.05, 3.63) is 28.4 Å². The van der Waals surface area contributed by atoms with E-state index in [1.807, 2.05) is 0 Å². The van der Waals surface area contributed by atoms with E-state index in [-0.39, 0.29) is 62.5 Å². The highest BCUT2D eigenvalue weighted by Gasteiger charge is 2.25. The van der Waals surface area contributed by atoms with Crippen molar-refractivity contribution < 1.29 is 38.7 Å². The first-order chi connectivity index (χ1) is 13.4. The fourth-order valence-corrected chi connectivity index (χ4v) is 2.94. The minimum Gasteiger partial charge on any atom is -0.507 e. The van der Waals surface area contributed by atoms with Gasteiger partial charge in [-0.15, -0.1) is 0 Å². The molecule has 9 heteroatoms. The van der Waals surface area contributed by atoms with Crippen LogP contribution in [0.1, 0.15) is 0 Å². The molecule has 3 aromatic rings. The third kappa shape index (κ3) is 2.77. The highest BCUT2D eigenvalue weighted by molar-refractivity contribution is 5.93. The first kappa shape index (κ1) is 19.0. The summed E-state index contributed by atoms with van der Waals surface area (Å²) >= 11 is 0. The summed E-state index contributed by atoms with van der Waals surface area (Å²) in [5.74, 6) is -1.37. The minimum atomic E-state index is -0.674. The van der Waals surface area contributed by atoms with Gasteiger partial charge in [-0.05, 0) is 12.1 Å². The van der Waals surface area contributed by atoms with Gasteiger partial charge in [0.1, 0.15) is 11.1 Å². The SMILES string of the molecule is COc1cc(O)c2c(=O)c(OC)c(-c3cc(O)c(OC)c(O)c3)oc2c1OC. The summed E-state index contributed by atoms with van der Waals surface area (Å²) in [5.41, 5.74) is -0.627. The molecule has 148 valence electrons. The van der Waals surface area contributed by atoms with E-state index in [1.165, 1.54) is 46.6 Å². The summed E-state index contributed by atoms with van der Waals surface area (Å²) in [4.78, 5) is 12.9. The summed E-state index contributed by atoms with van der Waals surface area (Å²) < 4.78 is 26.3. The topological polar surface area (TPSA) is 128 Å². The van der Waals surface area contributed by atoms with Crippen LogP contribution >= 0.6 is 0 Å². The van der Waals surface area contributed by atoms with Crippen LogP contribution < -0.4 is 24.4 Å². The van der Waals surface area contributed by atoms with Crippen LogP contribution in [-0.4, -0.2) is 43.8 Å². The maximum absolute atomic E-state index is 12.9. The van der Waals surface area contributed by atoms with Gasteiger partial charge in [-0.3, -0.25) is 4.79 Å². The van der Waals surface area contributed by atoms with Crippen LogP contribution in [-0.2, 0) is 0 Å². The Balaban J connectivity index is 2.46. The Hall–Kier alpha value is -3.75. The Morgan fingerprint density at radius 1 is 0.750 bits per heavy atom. The second kappa shape index (κ2) is 7.10. The second-order valence-electron chi connectivity index (χ2n) is 5.68. The smallest absolute Gasteiger partial charge is 0.239 e. The summed E-state index contributed by atoms with van der Waals surface area (Å²) in [6, 6.07) is 3.69. The lowest BCUT2D eigenvalue weighted by atomic mass is 10.1. The van der Waals surface area contributed by atoms with Gasteiger partial charge in [0.25, 0.3) is 0 Å². The Morgan fingerprint density at radius 2 is 1.32 bits per heavy atom. The Bertz CT molecular complexity index is 1090. The molecule has 0 spiro atoms. The van der Waals surface area contributed by atoms with Gasteiger partial charge < -0.3 is 38.7 Å². The number of hydrogen-bond acceptors (Lipinski definition) is 9. The maximum Gasteiger partial charge on any atom is 0.239 e. The van der Waals surface area contributed by atoms with Gasteiger partial charge in [0.15, 0.2) is 28.6 Å². The predicted octanol–water partition coefficient (Wildman–Crippen LogP) is 2.61. The summed E-state index contributed by atoms with van der Waals surface area (Å²) in [6.45, 7) is 0. The standard InChI is InChI=1S/C19H18O9/c1-24-12-7-9(20)13-14(23)19(27-4)15(28-18(13)17(12)26-3)8-5-10(21)16(25-2)11(22)6-8/h5-7,20-22H,1-4H3. The largest absolute Gasteiger partial charge is 0.507 e. The molecule has 0 aliphatic carbocycles. The molecule has 0 radical (unpaired) electrons. The zero-order valence-electron chi connectivity index (χ0n) is 15.5. The van der Waals surface area contributed by atoms with E-state index in [1.54, 1.807) is 0 Å². The number of methoxy groups -OCH3 is 4. The van der Waals surface area contributed by atoms with Crippen molar-refractivity contribution in [3.8, 4) is 51.6 Å². The molecule has 0 fully saturated rings. The number of phenols is 3. The molecule has 0 atom stereocenters. The lowest BCUT2D eigenvalue weighted by Gasteiger charge is -2.15. The fourth-order valence-electron chi connectivity index (χ4n) is 2.94. The first-order valence-electron chi connectivity index (χ1n) is 7.96. The summed E-state index contributed by atoms with van der Waals surface area (Å²) in [7, 11) is 5.25. The average molecular weight is 390 g/mol. The lowest BCUT2D eigenvalue weighted by Crippen LogP contribution is -2.09. The minimum absolute atomic E-state index is 0.0817. The third-order valence-corrected chi connectivity index (χ3v) is 4.17. The summed E-state index contributed by atoms with van der Waals surface area (Å²) in [6.07, 6.45) is 0. The van der Waals surface area contributed by atoms with Crippen molar-refractivity contribution in [2.24, 2.45) is 0 Å². The lowest BCUT2D eigenvalue weighted by molar-refractivity contribution is 0.344. The summed E-state index contributed by atoms with van der Waals surface area (Å²) in [5, 5.41) is 30.3. The van der Waals surface area contributed by atoms with E-state index in [9.17, 15) is 20.1 Å². The normalized spacial score (nSPS) is 10.7. The third-order valence-electron chi connectivity index (χ3n) is 4.17. The zero-order chi connectivity index (χ0) is 20.6. The molecule has 0 saturated heterocycles. The Kier molecular flexibility index (Phi) is 4.83. The van der Waals surface area contributed by atoms with Gasteiger partial charge in [0.05, 0.1) is 28.4 Å². The molecule has 3 N–H and O–H groups in total. The van der Waals surface area contributed by atoms with Crippen LogP contribution in [0.3, 0.4) is 0 Å². The Morgan fingerprint density at radius 3 is 1.82 bits per heavy atom. The molecule has 0 aliphatic heterocycles. The second-order valence-corrected chi connectivity index (χ2v) is 5.68. The van der Waals surface area contributed by atoms with Gasteiger partial charge in [-0.1, -0.05) is 0 Å². The van der Waals surface area contributed by atoms with E-state index >= 15 is 0 Å². The van der Waals surface area contributed by atoms with Gasteiger partial charge in [0, 0.05) is 11.6 Å². The number of ether oxygens (including phenoxy) is 4. The zero-order valence-corrected chi connectivity index (χ0v) is 15.5. The van der Waals surface area contributed by atoms with Crippen LogP contribution in [0.25, 0.3) is 22.3 Å². The fraction of sp³-hybridized carbons (Fsp3) is 0.211. The molecule has 1 heterocycles. The maximum atomic E-state index is 12.9. The Labute approximate surface area is 158 Å². The van der Waals surface area contributed by atoms with E-state index in [0.29, 0.717) is 0 Å². The molecule has 9 nitrogen and oxygen atoms in total. The molecule has 0 aliphatic rings. The number of hydrogen-bond donors (Lipinski definition) is 3. The van der Waals surface area contributed by atoms with E-state index in [4.69, 9.17) is 23.4 Å². The van der Waals surface area contributed by atoms with Crippen molar-refractivity contribution in [2.75, 3.05) is 28.4 Å². The molecule has 0 saturated carbocycles. The number of fused-ring (bicyclic) bond motifs is 1. The van der Waals surface area contributed by atoms with Gasteiger partial charge in [-0.25, -0.2) is 0 Å². The molecule has 0 unspecified atom stereocenters. The van der Waals surface area contributed by atoms with Crippen molar-refractivity contribution >= 4 is 11.0 Å². The molecule has 28 heavy (non-hydrogen) atoms. The van der Waals surface area contributed by atoms with E-state index in [2.05, 4.69) is 0 Å². The van der Waals surface area contributed by atoms with Crippen LogP contribution in [0.15, 0.2) is 27.4 Å². The quantitative estimate of drug-likeness (QED) is 0.602. The molecule has 0 amide bonds. The molecule has 2 aromatic carbocycles. The van der Waals surface area contributed by atoms with Crippen molar-refractivity contribution in [1.82, 2.24) is 0 Å². The van der Waals surface area contributed by atoms with Crippen molar-refractivity contribution in [2.45, 2.75) is 0 Å². The van der Waals surface area contributed by atoms with Gasteiger partial charge in [-0.2, -0.15) is 0 Å². The first-order valence-corrected chi connectivity index (χ1v) is 7.96. The van der Waals surface area contributed by atoms with Crippen LogP contribution in [0, 0.1) is 0 Å². The van der Waals surface area contributed by atoms with E-state index < -0.39 is 5.43 Å². The highest BCUT2D eigenvalue weighted by atomic mass is 16.5. The predicted molar refractivity (Wildman–Crippen MR) is 99.1 cm³/mol. The van der Waals surface area contributed by atoms with Crippen LogP contribution in [0.5, 0.6) is 40.2 Å². The average Bonchev–Trinajstić information content (AvgIpc) is 2.66. The van der Waals surface area contributed by atoms with Crippen molar-refractivity contribution in [3.63, 3.8) is 0 Å². The number of aromatic hydroxyl groups is 3. The van der Waals surface area contributed by atoms with Crippen LogP contribution in [0.2, 0.25) is 0 Å². The van der Waals surface area contributed by atoms with Crippen LogP contribution in [0.4, 0.5) is 0 Å².